The lowest BCUT2D eigenvalue weighted by molar-refractivity contribution is -0.384. The van der Waals surface area contributed by atoms with E-state index >= 15 is 0 Å². The van der Waals surface area contributed by atoms with Crippen LogP contribution in [0.2, 0.25) is 0 Å². The minimum Gasteiger partial charge on any atom is -0.314 e. The molecule has 0 unspecified atom stereocenters. The van der Waals surface area contributed by atoms with E-state index in [4.69, 9.17) is 5.41 Å². The highest BCUT2D eigenvalue weighted by Gasteiger charge is 2.14. The van der Waals surface area contributed by atoms with Crippen LogP contribution in [0.25, 0.3) is 11.3 Å². The highest BCUT2D eigenvalue weighted by Crippen LogP contribution is 2.22. The van der Waals surface area contributed by atoms with Crippen molar-refractivity contribution in [2.45, 2.75) is 13.5 Å². The number of Topliss-reactive ketones (excluding diaryl/α,β-unsaturated/α-hetero) is 1. The second kappa shape index (κ2) is 6.79. The molecule has 0 amide bonds. The average molecular weight is 350 g/mol. The first-order chi connectivity index (χ1) is 12.4. The Morgan fingerprint density at radius 1 is 1.19 bits per heavy atom. The van der Waals surface area contributed by atoms with Gasteiger partial charge in [-0.3, -0.25) is 20.3 Å². The van der Waals surface area contributed by atoms with Crippen molar-refractivity contribution in [3.8, 4) is 11.3 Å². The lowest BCUT2D eigenvalue weighted by Crippen LogP contribution is -2.25. The number of nitro benzene ring substituents is 1. The van der Waals surface area contributed by atoms with Crippen molar-refractivity contribution < 1.29 is 9.72 Å². The molecule has 0 aliphatic heterocycles. The molecule has 1 N–H and O–H groups in total. The zero-order valence-electron chi connectivity index (χ0n) is 14.5. The highest BCUT2D eigenvalue weighted by atomic mass is 16.6. The van der Waals surface area contributed by atoms with E-state index < -0.39 is 4.92 Å². The molecule has 3 rings (SSSR count). The molecule has 0 bridgehead atoms. The third kappa shape index (κ3) is 3.32. The number of benzene rings is 2. The second-order valence-electron chi connectivity index (χ2n) is 6.12. The SMILES string of the molecule is Cc1ccc(C(=O)Cn2cc(-c3cccc([N+](=O)[O-])c3)n(C)c2=N)cc1. The Labute approximate surface area is 149 Å². The van der Waals surface area contributed by atoms with Crippen LogP contribution >= 0.6 is 0 Å². The standard InChI is InChI=1S/C19H18N4O3/c1-13-6-8-14(9-7-13)18(24)12-22-11-17(21(2)19(22)20)15-4-3-5-16(10-15)23(25)26/h3-11,20H,12H2,1-2H3. The maximum atomic E-state index is 12.5. The number of aromatic nitrogens is 2. The summed E-state index contributed by atoms with van der Waals surface area (Å²) in [6.07, 6.45) is 1.67. The van der Waals surface area contributed by atoms with Crippen LogP contribution in [-0.2, 0) is 13.6 Å². The molecule has 0 atom stereocenters. The van der Waals surface area contributed by atoms with E-state index in [1.165, 1.54) is 16.7 Å². The minimum absolute atomic E-state index is 0.0162. The van der Waals surface area contributed by atoms with Gasteiger partial charge in [0.2, 0.25) is 5.62 Å². The molecule has 0 fully saturated rings. The number of hydrogen-bond donors (Lipinski definition) is 1. The molecule has 0 saturated heterocycles. The van der Waals surface area contributed by atoms with E-state index in [-0.39, 0.29) is 23.6 Å². The largest absolute Gasteiger partial charge is 0.314 e. The Bertz CT molecular complexity index is 1050. The molecule has 7 heteroatoms. The van der Waals surface area contributed by atoms with Crippen molar-refractivity contribution in [3.63, 3.8) is 0 Å². The number of nitrogens with zero attached hydrogens (tertiary/aromatic N) is 3. The summed E-state index contributed by atoms with van der Waals surface area (Å²) < 4.78 is 3.14. The highest BCUT2D eigenvalue weighted by molar-refractivity contribution is 5.95. The summed E-state index contributed by atoms with van der Waals surface area (Å²) in [6, 6.07) is 13.5. The molecule has 3 aromatic rings. The number of carbonyl (C=O) groups excluding carboxylic acids is 1. The molecule has 7 nitrogen and oxygen atoms in total. The van der Waals surface area contributed by atoms with Crippen molar-refractivity contribution >= 4 is 11.5 Å². The molecule has 26 heavy (non-hydrogen) atoms. The molecule has 0 aliphatic rings. The number of ketones is 1. The van der Waals surface area contributed by atoms with Gasteiger partial charge in [0.15, 0.2) is 5.78 Å². The van der Waals surface area contributed by atoms with E-state index in [1.807, 2.05) is 19.1 Å². The summed E-state index contributed by atoms with van der Waals surface area (Å²) in [5, 5.41) is 19.2. The number of nitrogens with one attached hydrogen (secondary N) is 1. The maximum Gasteiger partial charge on any atom is 0.270 e. The fourth-order valence-electron chi connectivity index (χ4n) is 2.76. The Hall–Kier alpha value is -3.48. The number of nitro groups is 1. The molecule has 0 aliphatic carbocycles. The molecular formula is C19H18N4O3. The van der Waals surface area contributed by atoms with Gasteiger partial charge < -0.3 is 9.13 Å². The first-order valence-electron chi connectivity index (χ1n) is 8.02. The van der Waals surface area contributed by atoms with Gasteiger partial charge in [-0.25, -0.2) is 0 Å². The summed E-state index contributed by atoms with van der Waals surface area (Å²) in [5.74, 6) is -0.0975. The van der Waals surface area contributed by atoms with Crippen molar-refractivity contribution in [1.29, 1.82) is 5.41 Å². The predicted octanol–water partition coefficient (Wildman–Crippen LogP) is 3.07. The van der Waals surface area contributed by atoms with Crippen molar-refractivity contribution in [2.24, 2.45) is 7.05 Å². The van der Waals surface area contributed by atoms with Crippen molar-refractivity contribution in [2.75, 3.05) is 0 Å². The summed E-state index contributed by atoms with van der Waals surface area (Å²) in [6.45, 7) is 1.98. The van der Waals surface area contributed by atoms with Crippen molar-refractivity contribution in [3.05, 3.63) is 81.6 Å². The summed E-state index contributed by atoms with van der Waals surface area (Å²) in [5.41, 5.74) is 3.04. The van der Waals surface area contributed by atoms with E-state index in [9.17, 15) is 14.9 Å². The van der Waals surface area contributed by atoms with Crippen LogP contribution in [0, 0.1) is 22.4 Å². The Morgan fingerprint density at radius 3 is 2.54 bits per heavy atom. The van der Waals surface area contributed by atoms with Gasteiger partial charge in [0.25, 0.3) is 5.69 Å². The Morgan fingerprint density at radius 2 is 1.88 bits per heavy atom. The zero-order chi connectivity index (χ0) is 18.8. The average Bonchev–Trinajstić information content (AvgIpc) is 2.91. The van der Waals surface area contributed by atoms with Gasteiger partial charge in [-0.2, -0.15) is 0 Å². The quantitative estimate of drug-likeness (QED) is 0.435. The number of rotatable bonds is 5. The molecular weight excluding hydrogens is 332 g/mol. The van der Waals surface area contributed by atoms with Gasteiger partial charge >= 0.3 is 0 Å². The normalized spacial score (nSPS) is 10.7. The monoisotopic (exact) mass is 350 g/mol. The van der Waals surface area contributed by atoms with Crippen LogP contribution in [0.3, 0.4) is 0 Å². The van der Waals surface area contributed by atoms with Crippen LogP contribution in [0.5, 0.6) is 0 Å². The number of non-ortho nitro benzene ring substituents is 1. The lowest BCUT2D eigenvalue weighted by Gasteiger charge is -2.03. The van der Waals surface area contributed by atoms with Crippen LogP contribution in [-0.4, -0.2) is 19.8 Å². The lowest BCUT2D eigenvalue weighted by atomic mass is 10.1. The van der Waals surface area contributed by atoms with E-state index in [0.717, 1.165) is 5.56 Å². The third-order valence-electron chi connectivity index (χ3n) is 4.27. The topological polar surface area (TPSA) is 93.9 Å². The van der Waals surface area contributed by atoms with Crippen molar-refractivity contribution in [1.82, 2.24) is 9.13 Å². The fourth-order valence-corrected chi connectivity index (χ4v) is 2.76. The predicted molar refractivity (Wildman–Crippen MR) is 96.9 cm³/mol. The Kier molecular flexibility index (Phi) is 4.53. The van der Waals surface area contributed by atoms with Crippen LogP contribution in [0.15, 0.2) is 54.7 Å². The summed E-state index contributed by atoms with van der Waals surface area (Å²) >= 11 is 0. The third-order valence-corrected chi connectivity index (χ3v) is 4.27. The van der Waals surface area contributed by atoms with Crippen LogP contribution in [0.4, 0.5) is 5.69 Å². The summed E-state index contributed by atoms with van der Waals surface area (Å²) in [4.78, 5) is 23.0. The van der Waals surface area contributed by atoms with Crippen LogP contribution < -0.4 is 5.62 Å². The first kappa shape index (κ1) is 17.3. The molecule has 1 heterocycles. The number of hydrogen-bond acceptors (Lipinski definition) is 4. The van der Waals surface area contributed by atoms with Gasteiger partial charge in [0, 0.05) is 36.5 Å². The summed E-state index contributed by atoms with van der Waals surface area (Å²) in [7, 11) is 1.70. The fraction of sp³-hybridized carbons (Fsp3) is 0.158. The van der Waals surface area contributed by atoms with Gasteiger partial charge in [0.1, 0.15) is 0 Å². The Balaban J connectivity index is 1.94. The second-order valence-corrected chi connectivity index (χ2v) is 6.12. The zero-order valence-corrected chi connectivity index (χ0v) is 14.5. The van der Waals surface area contributed by atoms with Gasteiger partial charge in [-0.1, -0.05) is 42.0 Å². The van der Waals surface area contributed by atoms with E-state index in [1.54, 1.807) is 42.1 Å². The smallest absolute Gasteiger partial charge is 0.270 e. The molecule has 0 spiro atoms. The number of carbonyl (C=O) groups is 1. The van der Waals surface area contributed by atoms with E-state index in [2.05, 4.69) is 0 Å². The van der Waals surface area contributed by atoms with Gasteiger partial charge in [-0.15, -0.1) is 0 Å². The molecule has 0 radical (unpaired) electrons. The number of imidazole rings is 1. The van der Waals surface area contributed by atoms with E-state index in [0.29, 0.717) is 16.8 Å². The molecule has 2 aromatic carbocycles. The maximum absolute atomic E-state index is 12.5. The number of aryl methyl sites for hydroxylation is 1. The molecule has 1 aromatic heterocycles. The first-order valence-corrected chi connectivity index (χ1v) is 8.02. The molecule has 0 saturated carbocycles. The molecule has 132 valence electrons. The van der Waals surface area contributed by atoms with Gasteiger partial charge in [0.05, 0.1) is 17.2 Å². The van der Waals surface area contributed by atoms with Crippen LogP contribution in [0.1, 0.15) is 15.9 Å². The minimum atomic E-state index is -0.455. The van der Waals surface area contributed by atoms with Gasteiger partial charge in [-0.05, 0) is 6.92 Å².